The summed E-state index contributed by atoms with van der Waals surface area (Å²) in [6.45, 7) is 8.24. The summed E-state index contributed by atoms with van der Waals surface area (Å²) in [6, 6.07) is 9.88. The zero-order valence-electron chi connectivity index (χ0n) is 15.9. The maximum absolute atomic E-state index is 12.6. The molecule has 2 aromatic carbocycles. The van der Waals surface area contributed by atoms with Crippen LogP contribution in [0.1, 0.15) is 42.0 Å². The summed E-state index contributed by atoms with van der Waals surface area (Å²) in [5.41, 5.74) is 5.07. The van der Waals surface area contributed by atoms with Gasteiger partial charge in [-0.1, -0.05) is 32.0 Å². The van der Waals surface area contributed by atoms with Crippen LogP contribution >= 0.6 is 0 Å². The molecule has 4 nitrogen and oxygen atoms in total. The van der Waals surface area contributed by atoms with E-state index in [1.807, 2.05) is 38.1 Å². The number of rotatable bonds is 6. The third-order valence-electron chi connectivity index (χ3n) is 4.38. The Balaban J connectivity index is 2.25. The molecule has 0 atom stereocenters. The molecule has 0 radical (unpaired) electrons. The summed E-state index contributed by atoms with van der Waals surface area (Å²) >= 11 is 0. The van der Waals surface area contributed by atoms with E-state index in [0.717, 1.165) is 27.9 Å². The predicted molar refractivity (Wildman–Crippen MR) is 102 cm³/mol. The van der Waals surface area contributed by atoms with Gasteiger partial charge in [0.25, 0.3) is 0 Å². The van der Waals surface area contributed by atoms with E-state index in [0.29, 0.717) is 17.4 Å². The number of carbonyl (C=O) groups excluding carboxylic acids is 1. The molecule has 0 saturated heterocycles. The lowest BCUT2D eigenvalue weighted by Crippen LogP contribution is -2.17. The largest absolute Gasteiger partial charge is 0.493 e. The summed E-state index contributed by atoms with van der Waals surface area (Å²) in [5.74, 6) is 1.62. The van der Waals surface area contributed by atoms with Crippen LogP contribution in [0.3, 0.4) is 0 Å². The summed E-state index contributed by atoms with van der Waals surface area (Å²) in [6.07, 6.45) is 0.290. The van der Waals surface area contributed by atoms with E-state index in [1.165, 1.54) is 0 Å². The normalized spacial score (nSPS) is 10.7. The van der Waals surface area contributed by atoms with Crippen LogP contribution < -0.4 is 14.8 Å². The summed E-state index contributed by atoms with van der Waals surface area (Å²) in [4.78, 5) is 12.6. The van der Waals surface area contributed by atoms with Gasteiger partial charge in [-0.05, 0) is 54.2 Å². The van der Waals surface area contributed by atoms with Crippen LogP contribution in [0.15, 0.2) is 30.3 Å². The molecule has 1 amide bonds. The molecule has 0 unspecified atom stereocenters. The van der Waals surface area contributed by atoms with E-state index < -0.39 is 0 Å². The van der Waals surface area contributed by atoms with Crippen molar-refractivity contribution in [3.05, 3.63) is 52.6 Å². The van der Waals surface area contributed by atoms with Gasteiger partial charge in [-0.25, -0.2) is 0 Å². The second kappa shape index (κ2) is 8.06. The zero-order chi connectivity index (χ0) is 18.6. The average Bonchev–Trinajstić information content (AvgIpc) is 2.57. The van der Waals surface area contributed by atoms with Crippen molar-refractivity contribution in [3.63, 3.8) is 0 Å². The smallest absolute Gasteiger partial charge is 0.228 e. The second-order valence-electron chi connectivity index (χ2n) is 6.55. The molecule has 2 aromatic rings. The molecule has 4 heteroatoms. The molecule has 0 spiro atoms. The lowest BCUT2D eigenvalue weighted by molar-refractivity contribution is -0.115. The highest BCUT2D eigenvalue weighted by Crippen LogP contribution is 2.31. The molecule has 0 aliphatic rings. The Kier molecular flexibility index (Phi) is 6.07. The number of ether oxygens (including phenoxy) is 2. The Morgan fingerprint density at radius 3 is 2.28 bits per heavy atom. The minimum absolute atomic E-state index is 0.0356. The van der Waals surface area contributed by atoms with Gasteiger partial charge in [-0.3, -0.25) is 4.79 Å². The number of amides is 1. The Morgan fingerprint density at radius 1 is 1.04 bits per heavy atom. The maximum atomic E-state index is 12.6. The van der Waals surface area contributed by atoms with Gasteiger partial charge in [0.1, 0.15) is 0 Å². The van der Waals surface area contributed by atoms with Crippen LogP contribution in [-0.2, 0) is 11.2 Å². The number of methoxy groups -OCH3 is 2. The number of aryl methyl sites for hydroxylation is 2. The fraction of sp³-hybridized carbons (Fsp3) is 0.381. The van der Waals surface area contributed by atoms with E-state index in [9.17, 15) is 4.79 Å². The summed E-state index contributed by atoms with van der Waals surface area (Å²) in [7, 11) is 3.20. The molecule has 0 aliphatic carbocycles. The highest BCUT2D eigenvalue weighted by atomic mass is 16.5. The SMILES string of the molecule is COc1cc(C)c(CC(=O)Nc2c(C)cccc2C(C)C)cc1OC. The van der Waals surface area contributed by atoms with Gasteiger partial charge in [-0.15, -0.1) is 0 Å². The molecule has 25 heavy (non-hydrogen) atoms. The Bertz CT molecular complexity index is 766. The van der Waals surface area contributed by atoms with Crippen LogP contribution in [0.4, 0.5) is 5.69 Å². The molecule has 2 rings (SSSR count). The first kappa shape index (κ1) is 18.8. The van der Waals surface area contributed by atoms with E-state index in [1.54, 1.807) is 14.2 Å². The molecule has 1 N–H and O–H groups in total. The number of carbonyl (C=O) groups is 1. The van der Waals surface area contributed by atoms with E-state index in [2.05, 4.69) is 25.2 Å². The van der Waals surface area contributed by atoms with Crippen molar-refractivity contribution in [1.82, 2.24) is 0 Å². The highest BCUT2D eigenvalue weighted by Gasteiger charge is 2.15. The van der Waals surface area contributed by atoms with Crippen molar-refractivity contribution in [2.45, 2.75) is 40.0 Å². The van der Waals surface area contributed by atoms with Crippen molar-refractivity contribution in [3.8, 4) is 11.5 Å². The van der Waals surface area contributed by atoms with E-state index in [-0.39, 0.29) is 12.3 Å². The number of benzene rings is 2. The molecular weight excluding hydrogens is 314 g/mol. The van der Waals surface area contributed by atoms with Crippen molar-refractivity contribution in [1.29, 1.82) is 0 Å². The van der Waals surface area contributed by atoms with Crippen molar-refractivity contribution >= 4 is 11.6 Å². The first-order valence-corrected chi connectivity index (χ1v) is 8.48. The molecule has 0 bridgehead atoms. The van der Waals surface area contributed by atoms with Crippen LogP contribution in [-0.4, -0.2) is 20.1 Å². The minimum Gasteiger partial charge on any atom is -0.493 e. The molecule has 0 aliphatic heterocycles. The Labute approximate surface area is 150 Å². The topological polar surface area (TPSA) is 47.6 Å². The zero-order valence-corrected chi connectivity index (χ0v) is 15.9. The van der Waals surface area contributed by atoms with Crippen molar-refractivity contribution < 1.29 is 14.3 Å². The number of anilines is 1. The van der Waals surface area contributed by atoms with Gasteiger partial charge in [0.15, 0.2) is 11.5 Å². The number of para-hydroxylation sites is 1. The number of hydrogen-bond donors (Lipinski definition) is 1. The van der Waals surface area contributed by atoms with Crippen LogP contribution in [0, 0.1) is 13.8 Å². The van der Waals surface area contributed by atoms with Gasteiger partial charge in [0, 0.05) is 5.69 Å². The lowest BCUT2D eigenvalue weighted by atomic mass is 9.97. The van der Waals surface area contributed by atoms with Crippen LogP contribution in [0.25, 0.3) is 0 Å². The summed E-state index contributed by atoms with van der Waals surface area (Å²) < 4.78 is 10.6. The fourth-order valence-electron chi connectivity index (χ4n) is 2.91. The molecule has 0 fully saturated rings. The molecular formula is C21H27NO3. The van der Waals surface area contributed by atoms with Gasteiger partial charge in [0.2, 0.25) is 5.91 Å². The van der Waals surface area contributed by atoms with Crippen molar-refractivity contribution in [2.75, 3.05) is 19.5 Å². The molecule has 0 aromatic heterocycles. The maximum Gasteiger partial charge on any atom is 0.228 e. The quantitative estimate of drug-likeness (QED) is 0.833. The number of nitrogens with one attached hydrogen (secondary N) is 1. The van der Waals surface area contributed by atoms with Crippen molar-refractivity contribution in [2.24, 2.45) is 0 Å². The lowest BCUT2D eigenvalue weighted by Gasteiger charge is -2.17. The summed E-state index contributed by atoms with van der Waals surface area (Å²) in [5, 5.41) is 3.09. The first-order chi connectivity index (χ1) is 11.9. The Morgan fingerprint density at radius 2 is 1.68 bits per heavy atom. The monoisotopic (exact) mass is 341 g/mol. The van der Waals surface area contributed by atoms with E-state index >= 15 is 0 Å². The molecule has 134 valence electrons. The standard InChI is InChI=1S/C21H27NO3/c1-13(2)17-9-7-8-14(3)21(17)22-20(23)12-16-11-19(25-6)18(24-5)10-15(16)4/h7-11,13H,12H2,1-6H3,(H,22,23). The first-order valence-electron chi connectivity index (χ1n) is 8.48. The minimum atomic E-state index is -0.0356. The Hall–Kier alpha value is -2.49. The van der Waals surface area contributed by atoms with Crippen LogP contribution in [0.2, 0.25) is 0 Å². The van der Waals surface area contributed by atoms with Gasteiger partial charge in [0.05, 0.1) is 20.6 Å². The second-order valence-corrected chi connectivity index (χ2v) is 6.55. The third kappa shape index (κ3) is 4.32. The molecule has 0 heterocycles. The average molecular weight is 341 g/mol. The van der Waals surface area contributed by atoms with Gasteiger partial charge >= 0.3 is 0 Å². The molecule has 0 saturated carbocycles. The third-order valence-corrected chi connectivity index (χ3v) is 4.38. The van der Waals surface area contributed by atoms with Gasteiger partial charge < -0.3 is 14.8 Å². The number of hydrogen-bond acceptors (Lipinski definition) is 3. The van der Waals surface area contributed by atoms with Gasteiger partial charge in [-0.2, -0.15) is 0 Å². The highest BCUT2D eigenvalue weighted by molar-refractivity contribution is 5.94. The fourth-order valence-corrected chi connectivity index (χ4v) is 2.91. The predicted octanol–water partition coefficient (Wildman–Crippen LogP) is 4.63. The van der Waals surface area contributed by atoms with E-state index in [4.69, 9.17) is 9.47 Å². The van der Waals surface area contributed by atoms with Crippen LogP contribution in [0.5, 0.6) is 11.5 Å².